The molecule has 384 valence electrons. The first-order chi connectivity index (χ1) is 33.9. The second-order valence-electron chi connectivity index (χ2n) is 16.3. The Labute approximate surface area is 433 Å². The molecule has 0 aromatic heterocycles. The first kappa shape index (κ1) is 59.7. The van der Waals surface area contributed by atoms with Gasteiger partial charge in [-0.05, 0) is 22.3 Å². The highest BCUT2D eigenvalue weighted by atomic mass is 79.9. The highest BCUT2D eigenvalue weighted by Gasteiger charge is 2.20. The van der Waals surface area contributed by atoms with Crippen LogP contribution in [0.2, 0.25) is 0 Å². The van der Waals surface area contributed by atoms with Gasteiger partial charge in [-0.25, -0.2) is 0 Å². The molecular formula is C52H74Br2N8O8. The van der Waals surface area contributed by atoms with Gasteiger partial charge in [0.1, 0.15) is 31.8 Å². The number of benzene rings is 4. The van der Waals surface area contributed by atoms with E-state index < -0.39 is 0 Å². The zero-order valence-electron chi connectivity index (χ0n) is 40.4. The van der Waals surface area contributed by atoms with Crippen molar-refractivity contribution in [3.05, 3.63) is 144 Å². The average Bonchev–Trinajstić information content (AvgIpc) is 3.37. The number of ether oxygens (including phenoxy) is 4. The Kier molecular flexibility index (Phi) is 33.3. The molecule has 2 saturated heterocycles. The van der Waals surface area contributed by atoms with Crippen molar-refractivity contribution in [3.63, 3.8) is 0 Å². The van der Waals surface area contributed by atoms with Gasteiger partial charge in [-0.15, -0.1) is 17.0 Å². The van der Waals surface area contributed by atoms with Crippen molar-refractivity contribution in [3.8, 4) is 0 Å². The van der Waals surface area contributed by atoms with Crippen LogP contribution in [0.1, 0.15) is 22.3 Å². The summed E-state index contributed by atoms with van der Waals surface area (Å²) < 4.78 is 21.5. The Morgan fingerprint density at radius 2 is 0.586 bits per heavy atom. The number of alkyl halides is 1. The molecule has 2 aliphatic rings. The number of carbonyl (C=O) groups excluding carboxylic acids is 4. The van der Waals surface area contributed by atoms with Crippen LogP contribution in [0.4, 0.5) is 0 Å². The molecule has 0 saturated carbocycles. The Morgan fingerprint density at radius 3 is 0.843 bits per heavy atom. The summed E-state index contributed by atoms with van der Waals surface area (Å²) in [6, 6.07) is 38.4. The van der Waals surface area contributed by atoms with Crippen molar-refractivity contribution in [2.75, 3.05) is 130 Å². The zero-order valence-corrected chi connectivity index (χ0v) is 43.7. The van der Waals surface area contributed by atoms with Crippen LogP contribution >= 0.6 is 32.9 Å². The van der Waals surface area contributed by atoms with Crippen LogP contribution < -0.4 is 26.6 Å². The smallest absolute Gasteiger partial charge is 0.320 e. The Bertz CT molecular complexity index is 1850. The average molecular weight is 1100 g/mol. The molecule has 6 rings (SSSR count). The van der Waals surface area contributed by atoms with Gasteiger partial charge in [0.25, 0.3) is 0 Å². The summed E-state index contributed by atoms with van der Waals surface area (Å²) >= 11 is 3.01. The van der Waals surface area contributed by atoms with Crippen molar-refractivity contribution in [2.24, 2.45) is 0 Å². The third kappa shape index (κ3) is 29.6. The van der Waals surface area contributed by atoms with E-state index in [-0.39, 0.29) is 85.6 Å². The normalized spacial score (nSPS) is 15.8. The van der Waals surface area contributed by atoms with E-state index in [1.165, 1.54) is 0 Å². The predicted molar refractivity (Wildman–Crippen MR) is 283 cm³/mol. The molecule has 4 aromatic rings. The molecule has 2 fully saturated rings. The summed E-state index contributed by atoms with van der Waals surface area (Å²) in [7, 11) is 0. The van der Waals surface area contributed by atoms with Crippen molar-refractivity contribution < 1.29 is 38.1 Å². The van der Waals surface area contributed by atoms with E-state index in [1.807, 2.05) is 136 Å². The molecular weight excluding hydrogens is 1020 g/mol. The second-order valence-corrected chi connectivity index (χ2v) is 16.9. The Hall–Kier alpha value is -4.60. The van der Waals surface area contributed by atoms with Crippen molar-refractivity contribution in [1.29, 1.82) is 0 Å². The van der Waals surface area contributed by atoms with Crippen LogP contribution in [0.5, 0.6) is 0 Å². The maximum Gasteiger partial charge on any atom is 0.320 e. The molecule has 16 nitrogen and oxygen atoms in total. The van der Waals surface area contributed by atoms with Gasteiger partial charge in [-0.3, -0.25) is 33.9 Å². The highest BCUT2D eigenvalue weighted by Crippen LogP contribution is 2.06. The summed E-state index contributed by atoms with van der Waals surface area (Å²) in [5.74, 6) is -1.14. The van der Waals surface area contributed by atoms with Gasteiger partial charge in [-0.1, -0.05) is 137 Å². The van der Waals surface area contributed by atoms with Crippen molar-refractivity contribution in [1.82, 2.24) is 41.3 Å². The summed E-state index contributed by atoms with van der Waals surface area (Å²) in [6.07, 6.45) is 0. The largest absolute Gasteiger partial charge is 0.460 e. The molecule has 0 aliphatic carbocycles. The Balaban J connectivity index is 0.000000420. The van der Waals surface area contributed by atoms with E-state index in [4.69, 9.17) is 18.9 Å². The molecule has 0 unspecified atom stereocenters. The van der Waals surface area contributed by atoms with E-state index in [2.05, 4.69) is 42.5 Å². The molecule has 5 N–H and O–H groups in total. The number of esters is 4. The number of hydrogen-bond donors (Lipinski definition) is 5. The van der Waals surface area contributed by atoms with Crippen LogP contribution in [-0.2, 0) is 64.6 Å². The molecule has 0 radical (unpaired) electrons. The molecule has 2 aliphatic heterocycles. The first-order valence-electron chi connectivity index (χ1n) is 23.9. The van der Waals surface area contributed by atoms with Crippen molar-refractivity contribution >= 4 is 56.8 Å². The molecule has 0 spiro atoms. The quantitative estimate of drug-likeness (QED) is 0.0661. The van der Waals surface area contributed by atoms with Crippen LogP contribution in [0, 0.1) is 0 Å². The lowest BCUT2D eigenvalue weighted by Crippen LogP contribution is -2.48. The summed E-state index contributed by atoms with van der Waals surface area (Å²) in [5.41, 5.74) is 3.81. The molecule has 0 atom stereocenters. The lowest BCUT2D eigenvalue weighted by atomic mass is 10.2. The van der Waals surface area contributed by atoms with E-state index in [0.717, 1.165) is 74.6 Å². The van der Waals surface area contributed by atoms with Crippen molar-refractivity contribution in [2.45, 2.75) is 26.4 Å². The van der Waals surface area contributed by atoms with Gasteiger partial charge in [0, 0.05) is 105 Å². The van der Waals surface area contributed by atoms with Gasteiger partial charge < -0.3 is 45.5 Å². The van der Waals surface area contributed by atoms with Gasteiger partial charge in [0.05, 0.1) is 19.6 Å². The number of rotatable bonds is 15. The maximum absolute atomic E-state index is 12.9. The maximum atomic E-state index is 12.9. The summed E-state index contributed by atoms with van der Waals surface area (Å²) in [5, 5.41) is 17.1. The molecule has 4 aromatic carbocycles. The standard InChI is InChI=1S/C35H44N4O6.C9H9BrO2.C8H20N4.BrH/c40-33(43-27-30-10-4-1-5-11-30)24-37-18-16-36-17-19-38(25-34(41)44-28-31-12-6-2-7-13-31)21-23-39(22-20-37)26-35(42)45-29-32-14-8-3-9-15-32;10-6-9(11)12-7-8-4-2-1-3-5-8;1-2-10-5-6-12-8-7-11-4-3-9-1;/h1-15,36H,16-29H2;1-5H,6-7H2;9-12H,1-8H2;1H. The zero-order chi connectivity index (χ0) is 48.8. The van der Waals surface area contributed by atoms with Gasteiger partial charge in [0.15, 0.2) is 0 Å². The second kappa shape index (κ2) is 39.1. The summed E-state index contributed by atoms with van der Waals surface area (Å²) in [4.78, 5) is 55.1. The third-order valence-electron chi connectivity index (χ3n) is 10.7. The number of nitrogens with one attached hydrogen (secondary N) is 5. The highest BCUT2D eigenvalue weighted by molar-refractivity contribution is 9.09. The Morgan fingerprint density at radius 1 is 0.357 bits per heavy atom. The minimum absolute atomic E-state index is 0. The van der Waals surface area contributed by atoms with E-state index in [9.17, 15) is 19.2 Å². The minimum Gasteiger partial charge on any atom is -0.460 e. The van der Waals surface area contributed by atoms with Crippen LogP contribution in [0.3, 0.4) is 0 Å². The number of carbonyl (C=O) groups is 4. The molecule has 2 heterocycles. The minimum atomic E-state index is -0.324. The van der Waals surface area contributed by atoms with Crippen LogP contribution in [0.25, 0.3) is 0 Å². The number of nitrogens with zero attached hydrogens (tertiary/aromatic N) is 3. The van der Waals surface area contributed by atoms with Gasteiger partial charge in [0.2, 0.25) is 0 Å². The predicted octanol–water partition coefficient (Wildman–Crippen LogP) is 3.79. The van der Waals surface area contributed by atoms with Gasteiger partial charge in [-0.2, -0.15) is 0 Å². The SMILES string of the molecule is Br.C1CNCCNCCNCCN1.O=C(CBr)OCc1ccccc1.O=C(CN1CCNCCN(CC(=O)OCc2ccccc2)CCN(CC(=O)OCc2ccccc2)CC1)OCc1ccccc1. The topological polar surface area (TPSA) is 175 Å². The fourth-order valence-electron chi connectivity index (χ4n) is 6.86. The van der Waals surface area contributed by atoms with Crippen LogP contribution in [0.15, 0.2) is 121 Å². The van der Waals surface area contributed by atoms with E-state index >= 15 is 0 Å². The van der Waals surface area contributed by atoms with E-state index in [0.29, 0.717) is 59.0 Å². The third-order valence-corrected chi connectivity index (χ3v) is 11.2. The van der Waals surface area contributed by atoms with Crippen LogP contribution in [-0.4, -0.2) is 168 Å². The monoisotopic (exact) mass is 1100 g/mol. The number of hydrogen-bond acceptors (Lipinski definition) is 16. The fourth-order valence-corrected chi connectivity index (χ4v) is 7.02. The first-order valence-corrected chi connectivity index (χ1v) is 25.0. The lowest BCUT2D eigenvalue weighted by molar-refractivity contribution is -0.148. The molecule has 70 heavy (non-hydrogen) atoms. The molecule has 0 amide bonds. The van der Waals surface area contributed by atoms with Gasteiger partial charge >= 0.3 is 23.9 Å². The molecule has 0 bridgehead atoms. The fraction of sp³-hybridized carbons (Fsp3) is 0.462. The molecule has 18 heteroatoms. The van der Waals surface area contributed by atoms with E-state index in [1.54, 1.807) is 0 Å². The number of halogens is 2. The summed E-state index contributed by atoms with van der Waals surface area (Å²) in [6.45, 7) is 14.8. The lowest BCUT2D eigenvalue weighted by Gasteiger charge is -2.30.